The number of carbonyl (C=O) groups excluding carboxylic acids is 1. The minimum Gasteiger partial charge on any atom is -0.489 e. The lowest BCUT2D eigenvalue weighted by Gasteiger charge is -2.48. The quantitative estimate of drug-likeness (QED) is 0.166. The molecular formula is C33H32BF2NO2. The summed E-state index contributed by atoms with van der Waals surface area (Å²) in [6.07, 6.45) is 2.45. The third-order valence-corrected chi connectivity index (χ3v) is 7.78. The minimum absolute atomic E-state index is 0.0365. The summed E-state index contributed by atoms with van der Waals surface area (Å²) in [5.74, 6) is 0.220. The van der Waals surface area contributed by atoms with Gasteiger partial charge in [-0.3, -0.25) is 4.79 Å². The van der Waals surface area contributed by atoms with Gasteiger partial charge >= 0.3 is 0 Å². The molecule has 0 aliphatic carbocycles. The van der Waals surface area contributed by atoms with E-state index in [1.807, 2.05) is 48.5 Å². The zero-order valence-corrected chi connectivity index (χ0v) is 22.3. The predicted octanol–water partition coefficient (Wildman–Crippen LogP) is 6.96. The fourth-order valence-corrected chi connectivity index (χ4v) is 5.45. The molecule has 39 heavy (non-hydrogen) atoms. The number of amides is 1. The summed E-state index contributed by atoms with van der Waals surface area (Å²) in [6, 6.07) is 28.7. The van der Waals surface area contributed by atoms with Gasteiger partial charge in [-0.25, -0.2) is 8.78 Å². The Morgan fingerprint density at radius 3 is 2.10 bits per heavy atom. The monoisotopic (exact) mass is 523 g/mol. The summed E-state index contributed by atoms with van der Waals surface area (Å²) in [5.41, 5.74) is 5.20. The van der Waals surface area contributed by atoms with Gasteiger partial charge in [0.25, 0.3) is 0 Å². The summed E-state index contributed by atoms with van der Waals surface area (Å²) in [4.78, 5) is 15.1. The van der Waals surface area contributed by atoms with E-state index < -0.39 is 0 Å². The van der Waals surface area contributed by atoms with Gasteiger partial charge in [-0.15, -0.1) is 0 Å². The molecule has 0 radical (unpaired) electrons. The average molecular weight is 523 g/mol. The molecule has 4 aromatic rings. The summed E-state index contributed by atoms with van der Waals surface area (Å²) in [7, 11) is 2.14. The Kier molecular flexibility index (Phi) is 8.11. The highest BCUT2D eigenvalue weighted by molar-refractivity contribution is 6.08. The van der Waals surface area contributed by atoms with Gasteiger partial charge in [-0.1, -0.05) is 61.8 Å². The molecule has 3 nitrogen and oxygen atoms in total. The molecule has 0 bridgehead atoms. The number of ether oxygens (including phenoxy) is 1. The van der Waals surface area contributed by atoms with E-state index in [0.29, 0.717) is 18.7 Å². The molecule has 5 rings (SSSR count). The van der Waals surface area contributed by atoms with Crippen molar-refractivity contribution in [2.45, 2.75) is 44.7 Å². The highest BCUT2D eigenvalue weighted by atomic mass is 19.1. The molecule has 3 atom stereocenters. The molecule has 1 saturated heterocycles. The van der Waals surface area contributed by atoms with E-state index in [2.05, 4.69) is 26.9 Å². The van der Waals surface area contributed by atoms with Crippen LogP contribution in [0.25, 0.3) is 0 Å². The fraction of sp³-hybridized carbons (Fsp3) is 0.242. The second-order valence-electron chi connectivity index (χ2n) is 10.2. The molecule has 198 valence electrons. The van der Waals surface area contributed by atoms with Crippen LogP contribution in [-0.2, 0) is 17.7 Å². The highest BCUT2D eigenvalue weighted by Gasteiger charge is 2.48. The number of carbonyl (C=O) groups is 1. The van der Waals surface area contributed by atoms with Gasteiger partial charge < -0.3 is 9.64 Å². The lowest BCUT2D eigenvalue weighted by atomic mass is 9.77. The second-order valence-corrected chi connectivity index (χ2v) is 10.2. The Labute approximate surface area is 229 Å². The SMILES string of the molecule is BCc1ccccc1COc1ccc(C2C(CCC(C)c3ccc(F)cc3)C(=O)N2c2ccc(F)cc2)cc1. The van der Waals surface area contributed by atoms with Crippen molar-refractivity contribution in [2.75, 3.05) is 4.90 Å². The first-order valence-electron chi connectivity index (χ1n) is 13.6. The van der Waals surface area contributed by atoms with Gasteiger partial charge in [0.15, 0.2) is 0 Å². The van der Waals surface area contributed by atoms with Gasteiger partial charge in [0.1, 0.15) is 31.8 Å². The zero-order valence-electron chi connectivity index (χ0n) is 22.3. The number of hydrogen-bond acceptors (Lipinski definition) is 2. The van der Waals surface area contributed by atoms with Crippen LogP contribution in [-0.4, -0.2) is 13.8 Å². The van der Waals surface area contributed by atoms with Gasteiger partial charge in [-0.2, -0.15) is 0 Å². The number of β-lactam (4-membered cyclic amide) rings is 1. The van der Waals surface area contributed by atoms with E-state index in [1.54, 1.807) is 17.0 Å². The van der Waals surface area contributed by atoms with Crippen molar-refractivity contribution >= 4 is 19.4 Å². The fourth-order valence-electron chi connectivity index (χ4n) is 5.45. The van der Waals surface area contributed by atoms with Crippen LogP contribution < -0.4 is 9.64 Å². The van der Waals surface area contributed by atoms with Crippen LogP contribution in [0.1, 0.15) is 54.0 Å². The van der Waals surface area contributed by atoms with Crippen LogP contribution in [0.5, 0.6) is 5.75 Å². The van der Waals surface area contributed by atoms with Gasteiger partial charge in [0, 0.05) is 5.69 Å². The maximum absolute atomic E-state index is 13.6. The van der Waals surface area contributed by atoms with Crippen molar-refractivity contribution in [1.29, 1.82) is 0 Å². The molecule has 0 spiro atoms. The molecule has 1 aliphatic heterocycles. The van der Waals surface area contributed by atoms with Gasteiger partial charge in [0.05, 0.1) is 12.0 Å². The smallest absolute Gasteiger partial charge is 0.233 e. The Morgan fingerprint density at radius 2 is 1.46 bits per heavy atom. The highest BCUT2D eigenvalue weighted by Crippen LogP contribution is 2.46. The molecule has 4 aromatic carbocycles. The zero-order chi connectivity index (χ0) is 27.4. The van der Waals surface area contributed by atoms with Crippen molar-refractivity contribution in [1.82, 2.24) is 0 Å². The number of anilines is 1. The Bertz CT molecular complexity index is 1410. The van der Waals surface area contributed by atoms with Crippen LogP contribution in [0.2, 0.25) is 0 Å². The Hall–Kier alpha value is -3.93. The number of hydrogen-bond donors (Lipinski definition) is 0. The third kappa shape index (κ3) is 5.90. The molecule has 6 heteroatoms. The van der Waals surface area contributed by atoms with E-state index in [1.165, 1.54) is 35.4 Å². The topological polar surface area (TPSA) is 29.5 Å². The van der Waals surface area contributed by atoms with Crippen molar-refractivity contribution in [3.8, 4) is 5.75 Å². The van der Waals surface area contributed by atoms with E-state index in [0.717, 1.165) is 29.6 Å². The number of nitrogens with zero attached hydrogens (tertiary/aromatic N) is 1. The predicted molar refractivity (Wildman–Crippen MR) is 154 cm³/mol. The van der Waals surface area contributed by atoms with Crippen molar-refractivity contribution in [2.24, 2.45) is 5.92 Å². The van der Waals surface area contributed by atoms with E-state index in [9.17, 15) is 13.6 Å². The minimum atomic E-state index is -0.334. The molecule has 0 aromatic heterocycles. The summed E-state index contributed by atoms with van der Waals surface area (Å²) in [6.45, 7) is 2.60. The van der Waals surface area contributed by atoms with Crippen LogP contribution in [0.15, 0.2) is 97.1 Å². The molecule has 0 N–H and O–H groups in total. The normalized spacial score (nSPS) is 17.5. The van der Waals surface area contributed by atoms with Crippen LogP contribution in [0.3, 0.4) is 0 Å². The van der Waals surface area contributed by atoms with Crippen LogP contribution >= 0.6 is 0 Å². The molecule has 1 aliphatic rings. The number of benzene rings is 4. The van der Waals surface area contributed by atoms with Gasteiger partial charge in [-0.05, 0) is 89.5 Å². The first kappa shape index (κ1) is 26.7. The first-order chi connectivity index (χ1) is 18.9. The van der Waals surface area contributed by atoms with Crippen LogP contribution in [0, 0.1) is 17.6 Å². The maximum Gasteiger partial charge on any atom is 0.233 e. The van der Waals surface area contributed by atoms with Gasteiger partial charge in [0.2, 0.25) is 5.91 Å². The van der Waals surface area contributed by atoms with Crippen LogP contribution in [0.4, 0.5) is 14.5 Å². The molecule has 1 heterocycles. The van der Waals surface area contributed by atoms with Crippen molar-refractivity contribution in [3.05, 3.63) is 131 Å². The Morgan fingerprint density at radius 1 is 0.846 bits per heavy atom. The second kappa shape index (κ2) is 11.9. The van der Waals surface area contributed by atoms with Crippen molar-refractivity contribution < 1.29 is 18.3 Å². The molecule has 1 amide bonds. The summed E-state index contributed by atoms with van der Waals surface area (Å²) < 4.78 is 33.1. The lowest BCUT2D eigenvalue weighted by molar-refractivity contribution is -0.130. The largest absolute Gasteiger partial charge is 0.489 e. The first-order valence-corrected chi connectivity index (χ1v) is 13.6. The summed E-state index contributed by atoms with van der Waals surface area (Å²) >= 11 is 0. The van der Waals surface area contributed by atoms with Crippen molar-refractivity contribution in [3.63, 3.8) is 0 Å². The molecule has 0 saturated carbocycles. The summed E-state index contributed by atoms with van der Waals surface area (Å²) in [5, 5.41) is 0. The molecular weight excluding hydrogens is 491 g/mol. The molecule has 3 unspecified atom stereocenters. The third-order valence-electron chi connectivity index (χ3n) is 7.78. The standard InChI is InChI=1S/C33H32BF2NO2/c1-22(23-7-11-27(35)12-8-23)6-19-31-32(37(33(31)38)29-15-13-28(36)14-16-29)24-9-17-30(18-10-24)39-21-26-5-3-2-4-25(26)20-34/h2-5,7-18,22,31-32H,6,19-21,34H2,1H3. The average Bonchev–Trinajstić information content (AvgIpc) is 2.96. The van der Waals surface area contributed by atoms with E-state index in [4.69, 9.17) is 4.74 Å². The number of rotatable bonds is 10. The van der Waals surface area contributed by atoms with E-state index >= 15 is 0 Å². The number of halogens is 2. The maximum atomic E-state index is 13.6. The lowest BCUT2D eigenvalue weighted by Crippen LogP contribution is -2.55. The molecule has 1 fully saturated rings. The van der Waals surface area contributed by atoms with E-state index in [-0.39, 0.29) is 35.4 Å². The Balaban J connectivity index is 1.32.